The molecule has 0 aliphatic carbocycles. The van der Waals surface area contributed by atoms with E-state index in [4.69, 9.17) is 5.73 Å². The van der Waals surface area contributed by atoms with Crippen LogP contribution in [0, 0.1) is 6.92 Å². The van der Waals surface area contributed by atoms with Crippen molar-refractivity contribution in [3.05, 3.63) is 40.1 Å². The molecule has 0 atom stereocenters. The average molecular weight is 330 g/mol. The summed E-state index contributed by atoms with van der Waals surface area (Å²) in [6.45, 7) is 4.42. The summed E-state index contributed by atoms with van der Waals surface area (Å²) in [5.74, 6) is 1.21. The number of hydrogen-bond acceptors (Lipinski definition) is 6. The summed E-state index contributed by atoms with van der Waals surface area (Å²) < 4.78 is 1.58. The highest BCUT2D eigenvalue weighted by molar-refractivity contribution is 7.99. The van der Waals surface area contributed by atoms with Crippen LogP contribution in [-0.2, 0) is 6.54 Å². The number of anilines is 1. The number of nitrogens with two attached hydrogens (primary N) is 1. The van der Waals surface area contributed by atoms with Crippen LogP contribution in [0.2, 0.25) is 0 Å². The molecule has 8 heteroatoms. The fourth-order valence-electron chi connectivity index (χ4n) is 2.32. The number of thioether (sulfide) groups is 1. The Morgan fingerprint density at radius 3 is 2.96 bits per heavy atom. The van der Waals surface area contributed by atoms with Gasteiger partial charge in [-0.1, -0.05) is 18.7 Å². The lowest BCUT2D eigenvalue weighted by molar-refractivity contribution is 0.769. The van der Waals surface area contributed by atoms with Crippen LogP contribution in [0.3, 0.4) is 0 Å². The van der Waals surface area contributed by atoms with Crippen molar-refractivity contribution in [3.63, 3.8) is 0 Å². The molecule has 0 bridgehead atoms. The van der Waals surface area contributed by atoms with Crippen LogP contribution in [0.25, 0.3) is 11.2 Å². The fraction of sp³-hybridized carbons (Fsp3) is 0.333. The predicted octanol–water partition coefficient (Wildman–Crippen LogP) is 1.96. The van der Waals surface area contributed by atoms with E-state index in [0.29, 0.717) is 28.7 Å². The summed E-state index contributed by atoms with van der Waals surface area (Å²) in [5, 5.41) is 0.593. The van der Waals surface area contributed by atoms with Gasteiger partial charge in [-0.25, -0.2) is 14.8 Å². The summed E-state index contributed by atoms with van der Waals surface area (Å²) in [6.07, 6.45) is 2.75. The van der Waals surface area contributed by atoms with E-state index in [0.717, 1.165) is 23.4 Å². The zero-order chi connectivity index (χ0) is 16.4. The van der Waals surface area contributed by atoms with Crippen LogP contribution in [0.4, 0.5) is 5.82 Å². The number of nitrogens with zero attached hydrogens (tertiary/aromatic N) is 4. The lowest BCUT2D eigenvalue weighted by atomic mass is 10.2. The topological polar surface area (TPSA) is 102 Å². The maximum Gasteiger partial charge on any atom is 0.328 e. The molecule has 0 fully saturated rings. The summed E-state index contributed by atoms with van der Waals surface area (Å²) in [7, 11) is 0. The molecule has 120 valence electrons. The van der Waals surface area contributed by atoms with Gasteiger partial charge in [-0.15, -0.1) is 0 Å². The minimum absolute atomic E-state index is 0.242. The van der Waals surface area contributed by atoms with E-state index in [-0.39, 0.29) is 5.69 Å². The third-order valence-corrected chi connectivity index (χ3v) is 4.42. The number of fused-ring (bicyclic) bond motifs is 1. The maximum atomic E-state index is 12.3. The average Bonchev–Trinajstić information content (AvgIpc) is 2.83. The first-order valence-electron chi connectivity index (χ1n) is 7.39. The Morgan fingerprint density at radius 2 is 2.22 bits per heavy atom. The maximum absolute atomic E-state index is 12.3. The molecular weight excluding hydrogens is 312 g/mol. The normalized spacial score (nSPS) is 11.2. The monoisotopic (exact) mass is 330 g/mol. The van der Waals surface area contributed by atoms with Crippen LogP contribution in [0.5, 0.6) is 0 Å². The van der Waals surface area contributed by atoms with Crippen LogP contribution < -0.4 is 11.4 Å². The first-order chi connectivity index (χ1) is 11.1. The van der Waals surface area contributed by atoms with E-state index in [1.807, 2.05) is 19.1 Å². The van der Waals surface area contributed by atoms with Crippen LogP contribution in [0.15, 0.2) is 28.3 Å². The Balaban J connectivity index is 2.06. The van der Waals surface area contributed by atoms with Gasteiger partial charge >= 0.3 is 5.69 Å². The summed E-state index contributed by atoms with van der Waals surface area (Å²) >= 11 is 1.53. The first kappa shape index (κ1) is 15.5. The van der Waals surface area contributed by atoms with Crippen molar-refractivity contribution in [2.75, 3.05) is 11.5 Å². The SMILES string of the molecule is CCCSc1nc(N)c2[nH]c(=O)n(Cc3ccnc(C)c3)c2n1. The number of nitrogen functional groups attached to an aromatic ring is 1. The number of rotatable bonds is 5. The molecule has 3 N–H and O–H groups in total. The highest BCUT2D eigenvalue weighted by atomic mass is 32.2. The molecule has 0 amide bonds. The lowest BCUT2D eigenvalue weighted by Crippen LogP contribution is -2.18. The molecule has 0 spiro atoms. The second kappa shape index (κ2) is 6.41. The Kier molecular flexibility index (Phi) is 4.33. The van der Waals surface area contributed by atoms with Crippen LogP contribution >= 0.6 is 11.8 Å². The lowest BCUT2D eigenvalue weighted by Gasteiger charge is -2.06. The number of aromatic nitrogens is 5. The molecule has 0 aromatic carbocycles. The minimum Gasteiger partial charge on any atom is -0.382 e. The van der Waals surface area contributed by atoms with Crippen molar-refractivity contribution in [3.8, 4) is 0 Å². The molecular formula is C15H18N6OS. The van der Waals surface area contributed by atoms with Crippen LogP contribution in [0.1, 0.15) is 24.6 Å². The number of aromatic amines is 1. The molecule has 3 aromatic heterocycles. The summed E-state index contributed by atoms with van der Waals surface area (Å²) in [5.41, 5.74) is 8.65. The van der Waals surface area contributed by atoms with Crippen molar-refractivity contribution in [1.82, 2.24) is 24.5 Å². The van der Waals surface area contributed by atoms with Gasteiger partial charge in [0.15, 0.2) is 16.6 Å². The third-order valence-electron chi connectivity index (χ3n) is 3.37. The molecule has 23 heavy (non-hydrogen) atoms. The summed E-state index contributed by atoms with van der Waals surface area (Å²) in [4.78, 5) is 27.9. The largest absolute Gasteiger partial charge is 0.382 e. The van der Waals surface area contributed by atoms with Crippen molar-refractivity contribution in [2.24, 2.45) is 0 Å². The zero-order valence-corrected chi connectivity index (χ0v) is 13.9. The van der Waals surface area contributed by atoms with E-state index in [1.165, 1.54) is 11.8 Å². The summed E-state index contributed by atoms with van der Waals surface area (Å²) in [6, 6.07) is 3.83. The van der Waals surface area contributed by atoms with Crippen molar-refractivity contribution in [2.45, 2.75) is 32.0 Å². The van der Waals surface area contributed by atoms with Gasteiger partial charge in [-0.3, -0.25) is 9.55 Å². The second-order valence-corrected chi connectivity index (χ2v) is 6.32. The molecule has 3 rings (SSSR count). The van der Waals surface area contributed by atoms with Gasteiger partial charge < -0.3 is 10.7 Å². The van der Waals surface area contributed by atoms with Gasteiger partial charge in [0.05, 0.1) is 6.54 Å². The fourth-order valence-corrected chi connectivity index (χ4v) is 3.02. The quantitative estimate of drug-likeness (QED) is 0.547. The van der Waals surface area contributed by atoms with E-state index in [9.17, 15) is 4.79 Å². The molecule has 0 aliphatic heterocycles. The van der Waals surface area contributed by atoms with Gasteiger partial charge in [0.25, 0.3) is 0 Å². The van der Waals surface area contributed by atoms with Crippen LogP contribution in [-0.4, -0.2) is 30.3 Å². The van der Waals surface area contributed by atoms with E-state index < -0.39 is 0 Å². The standard InChI is InChI=1S/C15H18N6OS/c1-3-6-23-14-19-12(16)11-13(20-14)21(15(22)18-11)8-10-4-5-17-9(2)7-10/h4-5,7H,3,6,8H2,1-2H3,(H,18,22)(H2,16,19,20). The molecule has 0 unspecified atom stereocenters. The molecule has 0 aliphatic rings. The third kappa shape index (κ3) is 3.21. The molecule has 0 radical (unpaired) electrons. The number of imidazole rings is 1. The Morgan fingerprint density at radius 1 is 1.39 bits per heavy atom. The number of pyridine rings is 1. The highest BCUT2D eigenvalue weighted by Gasteiger charge is 2.14. The van der Waals surface area contributed by atoms with Gasteiger partial charge in [-0.2, -0.15) is 0 Å². The van der Waals surface area contributed by atoms with E-state index in [2.05, 4.69) is 26.9 Å². The smallest absolute Gasteiger partial charge is 0.328 e. The molecule has 0 saturated heterocycles. The van der Waals surface area contributed by atoms with Crippen molar-refractivity contribution >= 4 is 28.7 Å². The van der Waals surface area contributed by atoms with E-state index >= 15 is 0 Å². The Labute approximate surface area is 137 Å². The number of nitrogens with one attached hydrogen (secondary N) is 1. The zero-order valence-electron chi connectivity index (χ0n) is 13.0. The van der Waals surface area contributed by atoms with Crippen molar-refractivity contribution in [1.29, 1.82) is 0 Å². The Bertz CT molecular complexity index is 901. The molecule has 7 nitrogen and oxygen atoms in total. The number of aryl methyl sites for hydroxylation is 1. The molecule has 3 aromatic rings. The van der Waals surface area contributed by atoms with Gasteiger partial charge in [0, 0.05) is 17.6 Å². The molecule has 0 saturated carbocycles. The van der Waals surface area contributed by atoms with E-state index in [1.54, 1.807) is 10.8 Å². The minimum atomic E-state index is -0.242. The predicted molar refractivity (Wildman–Crippen MR) is 91.7 cm³/mol. The first-order valence-corrected chi connectivity index (χ1v) is 8.37. The highest BCUT2D eigenvalue weighted by Crippen LogP contribution is 2.21. The number of H-pyrrole nitrogens is 1. The second-order valence-electron chi connectivity index (χ2n) is 5.26. The van der Waals surface area contributed by atoms with Gasteiger partial charge in [0.1, 0.15) is 5.52 Å². The van der Waals surface area contributed by atoms with Gasteiger partial charge in [-0.05, 0) is 31.0 Å². The Hall–Kier alpha value is -2.35. The number of hydrogen-bond donors (Lipinski definition) is 2. The molecule has 3 heterocycles. The van der Waals surface area contributed by atoms with Gasteiger partial charge in [0.2, 0.25) is 0 Å². The van der Waals surface area contributed by atoms with Crippen molar-refractivity contribution < 1.29 is 0 Å².